The monoisotopic (exact) mass is 520 g/mol. The number of aryl methyl sites for hydroxylation is 1. The van der Waals surface area contributed by atoms with Gasteiger partial charge in [-0.25, -0.2) is 4.68 Å². The first-order valence-corrected chi connectivity index (χ1v) is 13.0. The normalized spacial score (nSPS) is 15.7. The quantitative estimate of drug-likeness (QED) is 0.391. The van der Waals surface area contributed by atoms with Crippen LogP contribution in [0.2, 0.25) is 0 Å². The van der Waals surface area contributed by atoms with Crippen LogP contribution in [0.4, 0.5) is 0 Å². The lowest BCUT2D eigenvalue weighted by Gasteiger charge is -2.55. The SMILES string of the molecule is [B]C([B])([B])N(C(=O)c1nn(-c2ccsc2)c2c1COc1cc(OC)c(-c3ccn(C)n3)cc1-2)C1(C)CNC1. The van der Waals surface area contributed by atoms with E-state index in [2.05, 4.69) is 10.4 Å². The highest BCUT2D eigenvalue weighted by Gasteiger charge is 2.47. The fourth-order valence-corrected chi connectivity index (χ4v) is 5.80. The van der Waals surface area contributed by atoms with E-state index in [-0.39, 0.29) is 12.3 Å². The maximum Gasteiger partial charge on any atom is 0.273 e. The van der Waals surface area contributed by atoms with Crippen molar-refractivity contribution in [2.24, 2.45) is 7.05 Å². The van der Waals surface area contributed by atoms with Gasteiger partial charge in [-0.15, -0.1) is 0 Å². The summed E-state index contributed by atoms with van der Waals surface area (Å²) in [5, 5.41) is 14.6. The molecule has 6 radical (unpaired) electrons. The molecule has 186 valence electrons. The summed E-state index contributed by atoms with van der Waals surface area (Å²) in [5.74, 6) is 0.777. The lowest BCUT2D eigenvalue weighted by molar-refractivity contribution is 0.0320. The third kappa shape index (κ3) is 3.87. The summed E-state index contributed by atoms with van der Waals surface area (Å²) in [5.41, 5.74) is 3.98. The average molecular weight is 520 g/mol. The summed E-state index contributed by atoms with van der Waals surface area (Å²) < 4.78 is 15.3. The topological polar surface area (TPSA) is 86.4 Å². The van der Waals surface area contributed by atoms with Gasteiger partial charge in [0.2, 0.25) is 0 Å². The molecule has 0 atom stereocenters. The molecule has 1 fully saturated rings. The van der Waals surface area contributed by atoms with Gasteiger partial charge in [-0.05, 0) is 30.5 Å². The van der Waals surface area contributed by atoms with Crippen LogP contribution >= 0.6 is 11.3 Å². The van der Waals surface area contributed by atoms with Crippen molar-refractivity contribution in [3.05, 3.63) is 52.5 Å². The van der Waals surface area contributed by atoms with Crippen molar-refractivity contribution in [2.45, 2.75) is 24.3 Å². The van der Waals surface area contributed by atoms with Crippen LogP contribution in [0, 0.1) is 0 Å². The molecule has 4 aromatic rings. The number of aromatic nitrogens is 4. The number of carbonyl (C=O) groups is 1. The van der Waals surface area contributed by atoms with Gasteiger partial charge >= 0.3 is 0 Å². The molecule has 1 aromatic carbocycles. The number of hydrogen-bond donors (Lipinski definition) is 1. The molecule has 1 saturated heterocycles. The molecule has 0 spiro atoms. The number of carbonyl (C=O) groups excluding carboxylic acids is 1. The van der Waals surface area contributed by atoms with Crippen LogP contribution in [-0.4, -0.2) is 84.9 Å². The van der Waals surface area contributed by atoms with E-state index >= 15 is 0 Å². The predicted octanol–water partition coefficient (Wildman–Crippen LogP) is 1.82. The Hall–Kier alpha value is -3.44. The van der Waals surface area contributed by atoms with Gasteiger partial charge in [0.05, 0.1) is 53.3 Å². The highest BCUT2D eigenvalue weighted by molar-refractivity contribution is 7.08. The Morgan fingerprint density at radius 3 is 2.61 bits per heavy atom. The molecular weight excluding hydrogens is 497 g/mol. The van der Waals surface area contributed by atoms with E-state index in [1.807, 2.05) is 55.2 Å². The summed E-state index contributed by atoms with van der Waals surface area (Å²) in [6, 6.07) is 7.65. The molecule has 38 heavy (non-hydrogen) atoms. The Morgan fingerprint density at radius 2 is 2.03 bits per heavy atom. The second-order valence-corrected chi connectivity index (χ2v) is 10.7. The minimum Gasteiger partial charge on any atom is -0.496 e. The first-order valence-electron chi connectivity index (χ1n) is 12.0. The van der Waals surface area contributed by atoms with Gasteiger partial charge in [0.1, 0.15) is 18.1 Å². The molecule has 0 aliphatic carbocycles. The van der Waals surface area contributed by atoms with Gasteiger partial charge in [0.25, 0.3) is 5.91 Å². The highest BCUT2D eigenvalue weighted by Crippen LogP contribution is 2.46. The summed E-state index contributed by atoms with van der Waals surface area (Å²) in [7, 11) is 21.9. The third-order valence-corrected chi connectivity index (χ3v) is 7.67. The van der Waals surface area contributed by atoms with E-state index < -0.39 is 16.7 Å². The number of nitrogens with zero attached hydrogens (tertiary/aromatic N) is 5. The molecule has 2 aliphatic heterocycles. The number of ether oxygens (including phenoxy) is 2. The fourth-order valence-electron chi connectivity index (χ4n) is 5.18. The van der Waals surface area contributed by atoms with Crippen molar-refractivity contribution in [3.8, 4) is 39.7 Å². The fraction of sp³-hybridized carbons (Fsp3) is 0.320. The van der Waals surface area contributed by atoms with Crippen LogP contribution < -0.4 is 14.8 Å². The van der Waals surface area contributed by atoms with E-state index in [0.717, 1.165) is 28.2 Å². The van der Waals surface area contributed by atoms with Gasteiger partial charge in [-0.2, -0.15) is 21.5 Å². The maximum absolute atomic E-state index is 14.1. The predicted molar refractivity (Wildman–Crippen MR) is 147 cm³/mol. The molecule has 0 bridgehead atoms. The zero-order valence-electron chi connectivity index (χ0n) is 21.3. The number of amides is 1. The number of thiophene rings is 1. The molecule has 13 heteroatoms. The third-order valence-electron chi connectivity index (χ3n) is 7.00. The van der Waals surface area contributed by atoms with Gasteiger partial charge in [0.15, 0.2) is 5.69 Å². The Kier molecular flexibility index (Phi) is 5.77. The Balaban J connectivity index is 1.57. The van der Waals surface area contributed by atoms with E-state index in [1.54, 1.807) is 16.5 Å². The van der Waals surface area contributed by atoms with E-state index in [4.69, 9.17) is 38.1 Å². The van der Waals surface area contributed by atoms with Crippen LogP contribution in [-0.2, 0) is 13.7 Å². The van der Waals surface area contributed by atoms with Crippen LogP contribution in [0.5, 0.6) is 11.5 Å². The van der Waals surface area contributed by atoms with Crippen LogP contribution in [0.25, 0.3) is 28.2 Å². The Bertz CT molecular complexity index is 1540. The molecule has 1 N–H and O–H groups in total. The van der Waals surface area contributed by atoms with Gasteiger partial charge in [-0.3, -0.25) is 9.48 Å². The molecule has 9 nitrogen and oxygen atoms in total. The first-order chi connectivity index (χ1) is 18.1. The number of rotatable bonds is 6. The molecule has 0 saturated carbocycles. The lowest BCUT2D eigenvalue weighted by atomic mass is 9.47. The first kappa shape index (κ1) is 24.9. The molecule has 5 heterocycles. The average Bonchev–Trinajstić information content (AvgIpc) is 3.60. The van der Waals surface area contributed by atoms with Gasteiger partial charge in [-0.1, -0.05) is 5.24 Å². The summed E-state index contributed by atoms with van der Waals surface area (Å²) in [6.07, 6.45) is 1.87. The van der Waals surface area contributed by atoms with Gasteiger partial charge < -0.3 is 19.7 Å². The standard InChI is InChI=1S/C25H23B3N6O3S/c1-24(12-29-13-24)34(25(26,27)28)23(35)21-17-10-37-20-9-19(36-3)15(18-4-6-32(2)30-18)8-16(20)22(17)33(31-21)14-5-7-38-11-14/h4-9,11,29H,10,12-13H2,1-3H3. The summed E-state index contributed by atoms with van der Waals surface area (Å²) >= 11 is 1.53. The van der Waals surface area contributed by atoms with Crippen molar-refractivity contribution in [3.63, 3.8) is 0 Å². The van der Waals surface area contributed by atoms with E-state index in [1.165, 1.54) is 16.2 Å². The van der Waals surface area contributed by atoms with Crippen molar-refractivity contribution in [1.82, 2.24) is 29.8 Å². The molecule has 2 aliphatic rings. The van der Waals surface area contributed by atoms with Crippen molar-refractivity contribution >= 4 is 40.8 Å². The minimum atomic E-state index is -1.89. The lowest BCUT2D eigenvalue weighted by Crippen LogP contribution is -2.74. The van der Waals surface area contributed by atoms with E-state index in [0.29, 0.717) is 30.2 Å². The van der Waals surface area contributed by atoms with Crippen LogP contribution in [0.3, 0.4) is 0 Å². The summed E-state index contributed by atoms with van der Waals surface area (Å²) in [4.78, 5) is 15.4. The van der Waals surface area contributed by atoms with Crippen LogP contribution in [0.1, 0.15) is 23.0 Å². The zero-order valence-corrected chi connectivity index (χ0v) is 22.1. The number of hydrogen-bond acceptors (Lipinski definition) is 7. The molecule has 1 amide bonds. The number of benzene rings is 1. The summed E-state index contributed by atoms with van der Waals surface area (Å²) in [6.45, 7) is 3.02. The number of fused-ring (bicyclic) bond motifs is 3. The number of nitrogens with one attached hydrogen (secondary N) is 1. The second kappa shape index (κ2) is 8.81. The van der Waals surface area contributed by atoms with E-state index in [9.17, 15) is 4.79 Å². The minimum absolute atomic E-state index is 0.120. The largest absolute Gasteiger partial charge is 0.496 e. The molecule has 3 aromatic heterocycles. The Labute approximate surface area is 228 Å². The van der Waals surface area contributed by atoms with Crippen molar-refractivity contribution in [1.29, 1.82) is 0 Å². The second-order valence-electron chi connectivity index (χ2n) is 9.91. The van der Waals surface area contributed by atoms with Gasteiger partial charge in [0, 0.05) is 54.5 Å². The number of methoxy groups -OCH3 is 1. The molecule has 0 unspecified atom stereocenters. The van der Waals surface area contributed by atoms with Crippen molar-refractivity contribution in [2.75, 3.05) is 20.2 Å². The zero-order chi connectivity index (χ0) is 26.8. The maximum atomic E-state index is 14.1. The van der Waals surface area contributed by atoms with Crippen molar-refractivity contribution < 1.29 is 14.3 Å². The Morgan fingerprint density at radius 1 is 1.24 bits per heavy atom. The smallest absolute Gasteiger partial charge is 0.273 e. The molecule has 6 rings (SSSR count). The van der Waals surface area contributed by atoms with Crippen LogP contribution in [0.15, 0.2) is 41.2 Å². The highest BCUT2D eigenvalue weighted by atomic mass is 32.1. The molecular formula is C25H23B3N6O3S.